The molecule has 1 aliphatic rings. The van der Waals surface area contributed by atoms with E-state index >= 15 is 0 Å². The van der Waals surface area contributed by atoms with Crippen molar-refractivity contribution in [2.45, 2.75) is 45.5 Å². The highest BCUT2D eigenvalue weighted by Gasteiger charge is 2.30. The van der Waals surface area contributed by atoms with Gasteiger partial charge in [-0.3, -0.25) is 14.6 Å². The van der Waals surface area contributed by atoms with Crippen LogP contribution in [0.15, 0.2) is 41.3 Å². The molecule has 4 rings (SSSR count). The van der Waals surface area contributed by atoms with E-state index in [0.717, 1.165) is 29.5 Å². The van der Waals surface area contributed by atoms with Gasteiger partial charge in [0.1, 0.15) is 11.5 Å². The van der Waals surface area contributed by atoms with Crippen LogP contribution in [0, 0.1) is 6.92 Å². The van der Waals surface area contributed by atoms with E-state index in [0.29, 0.717) is 24.5 Å². The van der Waals surface area contributed by atoms with E-state index in [1.54, 1.807) is 24.9 Å². The smallest absolute Gasteiger partial charge is 0.332 e. The van der Waals surface area contributed by atoms with E-state index in [1.807, 2.05) is 0 Å². The molecule has 0 aliphatic carbocycles. The number of rotatable bonds is 5. The van der Waals surface area contributed by atoms with Crippen molar-refractivity contribution in [3.63, 3.8) is 0 Å². The average molecular weight is 443 g/mol. The van der Waals surface area contributed by atoms with Gasteiger partial charge in [0.15, 0.2) is 5.78 Å². The van der Waals surface area contributed by atoms with Crippen molar-refractivity contribution < 1.29 is 18.0 Å². The lowest BCUT2D eigenvalue weighted by Gasteiger charge is -2.16. The second-order valence-corrected chi connectivity index (χ2v) is 7.85. The quantitative estimate of drug-likeness (QED) is 0.604. The number of Topliss-reactive ketones (excluding diaryl/α,β-unsaturated/α-hetero) is 1. The lowest BCUT2D eigenvalue weighted by molar-refractivity contribution is -0.137. The average Bonchev–Trinajstić information content (AvgIpc) is 3.16. The minimum atomic E-state index is -4.41. The molecule has 0 spiro atoms. The molecule has 0 bridgehead atoms. The molecule has 0 amide bonds. The van der Waals surface area contributed by atoms with Crippen LogP contribution in [-0.2, 0) is 19.3 Å². The summed E-state index contributed by atoms with van der Waals surface area (Å²) in [6.07, 6.45) is -2.68. The van der Waals surface area contributed by atoms with Crippen LogP contribution in [0.1, 0.15) is 58.0 Å². The first-order chi connectivity index (χ1) is 15.1. The summed E-state index contributed by atoms with van der Waals surface area (Å²) in [7, 11) is 0. The molecule has 3 heterocycles. The van der Waals surface area contributed by atoms with Crippen molar-refractivity contribution >= 4 is 11.7 Å². The fraction of sp³-hybridized carbons (Fsp3) is 0.318. The van der Waals surface area contributed by atoms with Crippen molar-refractivity contribution in [2.24, 2.45) is 0 Å². The number of alkyl halides is 3. The zero-order valence-electron chi connectivity index (χ0n) is 17.4. The molecular formula is C22H20F3N5O2. The lowest BCUT2D eigenvalue weighted by atomic mass is 9.94. The van der Waals surface area contributed by atoms with Gasteiger partial charge in [0, 0.05) is 30.8 Å². The monoisotopic (exact) mass is 443 g/mol. The lowest BCUT2D eigenvalue weighted by Crippen LogP contribution is -2.24. The third-order valence-corrected chi connectivity index (χ3v) is 5.39. The van der Waals surface area contributed by atoms with E-state index in [4.69, 9.17) is 0 Å². The molecule has 2 aromatic heterocycles. The molecule has 1 aromatic carbocycles. The summed E-state index contributed by atoms with van der Waals surface area (Å²) in [5, 5.41) is 0. The van der Waals surface area contributed by atoms with E-state index in [9.17, 15) is 22.8 Å². The first-order valence-electron chi connectivity index (χ1n) is 9.98. The molecule has 1 atom stereocenters. The number of ketones is 1. The molecule has 0 unspecified atom stereocenters. The van der Waals surface area contributed by atoms with Crippen LogP contribution >= 0.6 is 0 Å². The second kappa shape index (κ2) is 8.18. The highest BCUT2D eigenvalue weighted by molar-refractivity contribution is 5.94. The zero-order valence-corrected chi connectivity index (χ0v) is 17.4. The number of aromatic amines is 1. The summed E-state index contributed by atoms with van der Waals surface area (Å²) in [4.78, 5) is 42.3. The number of benzene rings is 1. The fourth-order valence-electron chi connectivity index (χ4n) is 3.64. The van der Waals surface area contributed by atoms with Gasteiger partial charge in [0.2, 0.25) is 5.95 Å². The highest BCUT2D eigenvalue weighted by atomic mass is 19.4. The molecule has 32 heavy (non-hydrogen) atoms. The van der Waals surface area contributed by atoms with Crippen molar-refractivity contribution in [3.8, 4) is 0 Å². The summed E-state index contributed by atoms with van der Waals surface area (Å²) in [6, 6.07) is 5.85. The fourth-order valence-corrected chi connectivity index (χ4v) is 3.64. The van der Waals surface area contributed by atoms with Crippen LogP contribution in [-0.4, -0.2) is 25.7 Å². The topological polar surface area (TPSA) is 91.8 Å². The van der Waals surface area contributed by atoms with Crippen molar-refractivity contribution in [2.75, 3.05) is 4.90 Å². The van der Waals surface area contributed by atoms with Crippen molar-refractivity contribution in [1.82, 2.24) is 19.9 Å². The van der Waals surface area contributed by atoms with Crippen LogP contribution in [0.2, 0.25) is 0 Å². The number of hydrogen-bond acceptors (Lipinski definition) is 6. The molecule has 0 saturated heterocycles. The van der Waals surface area contributed by atoms with E-state index in [2.05, 4.69) is 19.9 Å². The van der Waals surface area contributed by atoms with Gasteiger partial charge in [-0.05, 0) is 30.5 Å². The highest BCUT2D eigenvalue weighted by Crippen LogP contribution is 2.31. The number of nitrogens with one attached hydrogen (secondary N) is 1. The number of aryl methyl sites for hydroxylation is 1. The normalized spacial score (nSPS) is 14.3. The number of halogens is 3. The number of anilines is 1. The molecule has 7 nitrogen and oxygen atoms in total. The number of H-pyrrole nitrogens is 1. The van der Waals surface area contributed by atoms with Gasteiger partial charge in [0.05, 0.1) is 17.8 Å². The molecule has 1 aliphatic heterocycles. The van der Waals surface area contributed by atoms with Crippen molar-refractivity contribution in [1.29, 1.82) is 0 Å². The molecule has 0 saturated carbocycles. The van der Waals surface area contributed by atoms with Gasteiger partial charge in [-0.25, -0.2) is 15.0 Å². The maximum atomic E-state index is 12.8. The predicted molar refractivity (Wildman–Crippen MR) is 110 cm³/mol. The Bertz CT molecular complexity index is 1220. The van der Waals surface area contributed by atoms with Gasteiger partial charge < -0.3 is 4.90 Å². The summed E-state index contributed by atoms with van der Waals surface area (Å²) in [5.74, 6) is 0.202. The Morgan fingerprint density at radius 1 is 1.19 bits per heavy atom. The summed E-state index contributed by atoms with van der Waals surface area (Å²) in [6.45, 7) is 4.42. The van der Waals surface area contributed by atoms with Crippen LogP contribution < -0.4 is 10.5 Å². The number of nitrogens with zero attached hydrogens (tertiary/aromatic N) is 4. The van der Waals surface area contributed by atoms with Gasteiger partial charge in [0.25, 0.3) is 5.56 Å². The minimum Gasteiger partial charge on any atom is -0.332 e. The van der Waals surface area contributed by atoms with Crippen LogP contribution in [0.4, 0.5) is 19.1 Å². The number of fused-ring (bicyclic) bond motifs is 1. The summed E-state index contributed by atoms with van der Waals surface area (Å²) < 4.78 is 38.3. The number of carbonyl (C=O) groups is 1. The Morgan fingerprint density at radius 3 is 2.59 bits per heavy atom. The maximum absolute atomic E-state index is 12.8. The number of hydrogen-bond donors (Lipinski definition) is 1. The SMILES string of the molecule is Cc1ncc2c(n1)CN(c1nc(C(=O)C[C@H](C)c3ccc(C(F)(F)F)cc3)cc(=O)[nH]1)C2. The Balaban J connectivity index is 1.50. The molecule has 10 heteroatoms. The molecule has 1 N–H and O–H groups in total. The first kappa shape index (κ1) is 21.7. The standard InChI is InChI=1S/C22H20F3N5O2/c1-12(14-3-5-16(6-4-14)22(23,24)25)7-19(31)17-8-20(32)29-21(28-17)30-10-15-9-26-13(2)27-18(15)11-30/h3-6,8-9,12H,7,10-11H2,1-2H3,(H,28,29,32)/t12-/m0/s1. The molecular weight excluding hydrogens is 423 g/mol. The third-order valence-electron chi connectivity index (χ3n) is 5.39. The van der Waals surface area contributed by atoms with E-state index in [-0.39, 0.29) is 29.8 Å². The van der Waals surface area contributed by atoms with Gasteiger partial charge in [-0.15, -0.1) is 0 Å². The largest absolute Gasteiger partial charge is 0.416 e. The Kier molecular flexibility index (Phi) is 5.53. The Labute approximate surface area is 181 Å². The minimum absolute atomic E-state index is 0.00610. The predicted octanol–water partition coefficient (Wildman–Crippen LogP) is 3.78. The Morgan fingerprint density at radius 2 is 1.91 bits per heavy atom. The van der Waals surface area contributed by atoms with Gasteiger partial charge in [-0.2, -0.15) is 13.2 Å². The van der Waals surface area contributed by atoms with Crippen LogP contribution in [0.25, 0.3) is 0 Å². The van der Waals surface area contributed by atoms with Crippen molar-refractivity contribution in [3.05, 3.63) is 80.8 Å². The van der Waals surface area contributed by atoms with E-state index in [1.165, 1.54) is 12.1 Å². The van der Waals surface area contributed by atoms with E-state index < -0.39 is 17.3 Å². The molecule has 0 fully saturated rings. The zero-order chi connectivity index (χ0) is 23.0. The summed E-state index contributed by atoms with van der Waals surface area (Å²) in [5.41, 5.74) is 1.17. The van der Waals surface area contributed by atoms with Gasteiger partial charge in [-0.1, -0.05) is 19.1 Å². The van der Waals surface area contributed by atoms with Crippen LogP contribution in [0.3, 0.4) is 0 Å². The maximum Gasteiger partial charge on any atom is 0.416 e. The molecule has 3 aromatic rings. The Hall–Kier alpha value is -3.56. The number of aromatic nitrogens is 4. The molecule has 166 valence electrons. The van der Waals surface area contributed by atoms with Crippen LogP contribution in [0.5, 0.6) is 0 Å². The first-order valence-corrected chi connectivity index (χ1v) is 9.98. The number of carbonyl (C=O) groups excluding carboxylic acids is 1. The van der Waals surface area contributed by atoms with Gasteiger partial charge >= 0.3 is 6.18 Å². The molecule has 0 radical (unpaired) electrons. The third kappa shape index (κ3) is 4.53. The summed E-state index contributed by atoms with van der Waals surface area (Å²) >= 11 is 0. The second-order valence-electron chi connectivity index (χ2n) is 7.85.